The Hall–Kier alpha value is -1.65. The summed E-state index contributed by atoms with van der Waals surface area (Å²) in [7, 11) is 0. The van der Waals surface area contributed by atoms with Crippen molar-refractivity contribution in [3.8, 4) is 0 Å². The highest BCUT2D eigenvalue weighted by molar-refractivity contribution is 5.77. The Morgan fingerprint density at radius 2 is 2.16 bits per heavy atom. The molecule has 1 aromatic rings. The fraction of sp³-hybridized carbons (Fsp3) is 0.500. The molecule has 2 rings (SSSR count). The highest BCUT2D eigenvalue weighted by Crippen LogP contribution is 2.49. The maximum Gasteiger partial charge on any atom is 0.188 e. The van der Waals surface area contributed by atoms with Crippen molar-refractivity contribution in [2.24, 2.45) is 10.7 Å². The molecule has 104 valence electrons. The summed E-state index contributed by atoms with van der Waals surface area (Å²) in [4.78, 5) is 4.26. The maximum atomic E-state index is 13.8. The SMILES string of the molecule is CCCNC(N)=NCC1(c2ccc(F)cc2F)CC1. The minimum absolute atomic E-state index is 0.295. The molecule has 1 aliphatic rings. The van der Waals surface area contributed by atoms with Crippen LogP contribution in [0.1, 0.15) is 31.7 Å². The van der Waals surface area contributed by atoms with E-state index < -0.39 is 11.6 Å². The van der Waals surface area contributed by atoms with E-state index in [2.05, 4.69) is 10.3 Å². The summed E-state index contributed by atoms with van der Waals surface area (Å²) in [6.07, 6.45) is 2.69. The first kappa shape index (κ1) is 13.8. The van der Waals surface area contributed by atoms with E-state index in [1.165, 1.54) is 12.1 Å². The van der Waals surface area contributed by atoms with Gasteiger partial charge in [0.2, 0.25) is 0 Å². The van der Waals surface area contributed by atoms with Crippen LogP contribution in [0.25, 0.3) is 0 Å². The maximum absolute atomic E-state index is 13.8. The van der Waals surface area contributed by atoms with Crippen LogP contribution >= 0.6 is 0 Å². The minimum atomic E-state index is -0.551. The molecule has 0 spiro atoms. The van der Waals surface area contributed by atoms with Crippen LogP contribution in [-0.4, -0.2) is 19.0 Å². The van der Waals surface area contributed by atoms with Crippen molar-refractivity contribution in [2.75, 3.05) is 13.1 Å². The van der Waals surface area contributed by atoms with E-state index in [9.17, 15) is 8.78 Å². The van der Waals surface area contributed by atoms with Gasteiger partial charge in [0, 0.05) is 18.0 Å². The van der Waals surface area contributed by atoms with Gasteiger partial charge in [-0.15, -0.1) is 0 Å². The van der Waals surface area contributed by atoms with E-state index in [4.69, 9.17) is 5.73 Å². The van der Waals surface area contributed by atoms with Crippen LogP contribution < -0.4 is 11.1 Å². The second-order valence-corrected chi connectivity index (χ2v) is 5.03. The molecule has 1 saturated carbocycles. The van der Waals surface area contributed by atoms with Crippen LogP contribution in [0.2, 0.25) is 0 Å². The van der Waals surface area contributed by atoms with Crippen molar-refractivity contribution in [3.05, 3.63) is 35.4 Å². The first-order valence-corrected chi connectivity index (χ1v) is 6.57. The van der Waals surface area contributed by atoms with Gasteiger partial charge in [0.25, 0.3) is 0 Å². The van der Waals surface area contributed by atoms with Crippen LogP contribution in [0, 0.1) is 11.6 Å². The number of aliphatic imine (C=N–C) groups is 1. The zero-order valence-corrected chi connectivity index (χ0v) is 11.0. The molecule has 0 aliphatic heterocycles. The third-order valence-corrected chi connectivity index (χ3v) is 3.46. The largest absolute Gasteiger partial charge is 0.370 e. The zero-order valence-electron chi connectivity index (χ0n) is 11.0. The van der Waals surface area contributed by atoms with Gasteiger partial charge in [0.1, 0.15) is 11.6 Å². The van der Waals surface area contributed by atoms with Gasteiger partial charge in [0.15, 0.2) is 5.96 Å². The van der Waals surface area contributed by atoms with Gasteiger partial charge in [-0.1, -0.05) is 13.0 Å². The Bertz CT molecular complexity index is 482. The van der Waals surface area contributed by atoms with Crippen LogP contribution in [0.4, 0.5) is 8.78 Å². The Morgan fingerprint density at radius 1 is 1.42 bits per heavy atom. The number of nitrogens with one attached hydrogen (secondary N) is 1. The smallest absolute Gasteiger partial charge is 0.188 e. The number of benzene rings is 1. The fourth-order valence-corrected chi connectivity index (χ4v) is 2.13. The molecule has 0 heterocycles. The predicted molar refractivity (Wildman–Crippen MR) is 72.1 cm³/mol. The van der Waals surface area contributed by atoms with E-state index >= 15 is 0 Å². The summed E-state index contributed by atoms with van der Waals surface area (Å²) in [5.74, 6) is -0.659. The summed E-state index contributed by atoms with van der Waals surface area (Å²) < 4.78 is 26.7. The molecule has 0 bridgehead atoms. The lowest BCUT2D eigenvalue weighted by atomic mass is 9.95. The molecule has 0 aromatic heterocycles. The first-order valence-electron chi connectivity index (χ1n) is 6.57. The van der Waals surface area contributed by atoms with E-state index in [0.717, 1.165) is 31.9 Å². The summed E-state index contributed by atoms with van der Waals surface area (Å²) in [6.45, 7) is 3.25. The number of nitrogens with zero attached hydrogens (tertiary/aromatic N) is 1. The lowest BCUT2D eigenvalue weighted by molar-refractivity contribution is 0.549. The normalized spacial score (nSPS) is 17.3. The topological polar surface area (TPSA) is 50.4 Å². The van der Waals surface area contributed by atoms with E-state index in [1.54, 1.807) is 0 Å². The molecular weight excluding hydrogens is 248 g/mol. The van der Waals surface area contributed by atoms with Crippen molar-refractivity contribution in [3.63, 3.8) is 0 Å². The Kier molecular flexibility index (Phi) is 4.02. The van der Waals surface area contributed by atoms with Gasteiger partial charge in [-0.3, -0.25) is 4.99 Å². The molecule has 0 amide bonds. The summed E-state index contributed by atoms with van der Waals surface area (Å²) in [5, 5.41) is 2.98. The quantitative estimate of drug-likeness (QED) is 0.635. The summed E-state index contributed by atoms with van der Waals surface area (Å²) >= 11 is 0. The number of halogens is 2. The Morgan fingerprint density at radius 3 is 2.74 bits per heavy atom. The molecular formula is C14H19F2N3. The highest BCUT2D eigenvalue weighted by Gasteiger charge is 2.45. The van der Waals surface area contributed by atoms with Crippen LogP contribution in [0.3, 0.4) is 0 Å². The average Bonchev–Trinajstić information content (AvgIpc) is 3.15. The Balaban J connectivity index is 2.07. The lowest BCUT2D eigenvalue weighted by Crippen LogP contribution is -2.33. The molecule has 19 heavy (non-hydrogen) atoms. The van der Waals surface area contributed by atoms with Gasteiger partial charge in [-0.05, 0) is 30.9 Å². The van der Waals surface area contributed by atoms with Crippen LogP contribution in [0.5, 0.6) is 0 Å². The standard InChI is InChI=1S/C14H19F2N3/c1-2-7-18-13(17)19-9-14(5-6-14)11-4-3-10(15)8-12(11)16/h3-4,8H,2,5-7,9H2,1H3,(H3,17,18,19). The zero-order chi connectivity index (χ0) is 13.9. The van der Waals surface area contributed by atoms with E-state index in [1.807, 2.05) is 6.92 Å². The third kappa shape index (κ3) is 3.22. The summed E-state index contributed by atoms with van der Waals surface area (Å²) in [5.41, 5.74) is 5.97. The number of hydrogen-bond acceptors (Lipinski definition) is 1. The van der Waals surface area contributed by atoms with Gasteiger partial charge in [-0.25, -0.2) is 8.78 Å². The van der Waals surface area contributed by atoms with Crippen molar-refractivity contribution in [1.82, 2.24) is 5.32 Å². The predicted octanol–water partition coefficient (Wildman–Crippen LogP) is 2.31. The Labute approximate surface area is 111 Å². The molecule has 0 atom stereocenters. The van der Waals surface area contributed by atoms with Crippen molar-refractivity contribution in [1.29, 1.82) is 0 Å². The summed E-state index contributed by atoms with van der Waals surface area (Å²) in [6, 6.07) is 3.74. The minimum Gasteiger partial charge on any atom is -0.370 e. The van der Waals surface area contributed by atoms with Crippen LogP contribution in [0.15, 0.2) is 23.2 Å². The molecule has 0 unspecified atom stereocenters. The van der Waals surface area contributed by atoms with Gasteiger partial charge in [0.05, 0.1) is 6.54 Å². The fourth-order valence-electron chi connectivity index (χ4n) is 2.13. The average molecular weight is 267 g/mol. The number of nitrogens with two attached hydrogens (primary N) is 1. The van der Waals surface area contributed by atoms with Gasteiger partial charge < -0.3 is 11.1 Å². The van der Waals surface area contributed by atoms with Crippen molar-refractivity contribution < 1.29 is 8.78 Å². The molecule has 3 N–H and O–H groups in total. The highest BCUT2D eigenvalue weighted by atomic mass is 19.1. The van der Waals surface area contributed by atoms with E-state index in [0.29, 0.717) is 18.1 Å². The second kappa shape index (κ2) is 5.55. The molecule has 3 nitrogen and oxygen atoms in total. The van der Waals surface area contributed by atoms with Crippen LogP contribution in [-0.2, 0) is 5.41 Å². The van der Waals surface area contributed by atoms with Gasteiger partial charge in [-0.2, -0.15) is 0 Å². The first-order chi connectivity index (χ1) is 9.07. The molecule has 0 saturated heterocycles. The molecule has 1 aliphatic carbocycles. The lowest BCUT2D eigenvalue weighted by Gasteiger charge is -2.14. The van der Waals surface area contributed by atoms with Crippen molar-refractivity contribution >= 4 is 5.96 Å². The van der Waals surface area contributed by atoms with E-state index in [-0.39, 0.29) is 5.41 Å². The van der Waals surface area contributed by atoms with Crippen molar-refractivity contribution in [2.45, 2.75) is 31.6 Å². The number of hydrogen-bond donors (Lipinski definition) is 2. The number of rotatable bonds is 5. The van der Waals surface area contributed by atoms with Gasteiger partial charge >= 0.3 is 0 Å². The molecule has 1 aromatic carbocycles. The second-order valence-electron chi connectivity index (χ2n) is 5.03. The number of guanidine groups is 1. The molecule has 1 fully saturated rings. The monoisotopic (exact) mass is 267 g/mol. The molecule has 5 heteroatoms. The molecule has 0 radical (unpaired) electrons. The third-order valence-electron chi connectivity index (χ3n) is 3.46.